The number of unbranched alkanes of at least 4 members (excludes halogenated alkanes) is 3. The summed E-state index contributed by atoms with van der Waals surface area (Å²) < 4.78 is 15.9. The summed E-state index contributed by atoms with van der Waals surface area (Å²) in [6.45, 7) is 1.65. The van der Waals surface area contributed by atoms with Crippen molar-refractivity contribution in [3.8, 4) is 34.5 Å². The lowest BCUT2D eigenvalue weighted by molar-refractivity contribution is -0.662. The fourth-order valence-corrected chi connectivity index (χ4v) is 5.04. The van der Waals surface area contributed by atoms with Crippen LogP contribution in [-0.4, -0.2) is 27.2 Å². The van der Waals surface area contributed by atoms with Crippen LogP contribution in [0.5, 0.6) is 0 Å². The molecule has 0 amide bonds. The summed E-state index contributed by atoms with van der Waals surface area (Å²) in [5, 5.41) is 17.6. The first-order valence-corrected chi connectivity index (χ1v) is 14.7. The fraction of sp³-hybridized carbons (Fsp3) is 0.270. The number of hydrogen-bond donors (Lipinski definition) is 0. The van der Waals surface area contributed by atoms with E-state index in [1.54, 1.807) is 0 Å². The number of anilines is 2. The van der Waals surface area contributed by atoms with Crippen molar-refractivity contribution < 1.29 is 8.96 Å². The number of nitriles is 2. The Morgan fingerprint density at radius 3 is 1.93 bits per heavy atom. The molecule has 1 heterocycles. The van der Waals surface area contributed by atoms with Crippen LogP contribution in [0.3, 0.4) is 0 Å². The number of benzene rings is 3. The number of pyridine rings is 1. The molecule has 0 unspecified atom stereocenters. The molecule has 0 bridgehead atoms. The van der Waals surface area contributed by atoms with Gasteiger partial charge in [-0.25, -0.2) is 4.39 Å². The van der Waals surface area contributed by atoms with Crippen LogP contribution < -0.4 is 14.4 Å². The van der Waals surface area contributed by atoms with Gasteiger partial charge >= 0.3 is 0 Å². The molecule has 0 aliphatic rings. The third kappa shape index (κ3) is 8.53. The minimum Gasteiger partial charge on any atom is -0.375 e. The third-order valence-electron chi connectivity index (χ3n) is 7.75. The molecule has 218 valence electrons. The van der Waals surface area contributed by atoms with Gasteiger partial charge < -0.3 is 9.80 Å². The first-order chi connectivity index (χ1) is 20.9. The number of nitrogens with zero attached hydrogens (tertiary/aromatic N) is 5. The van der Waals surface area contributed by atoms with Crippen molar-refractivity contribution in [2.45, 2.75) is 32.1 Å². The highest BCUT2D eigenvalue weighted by molar-refractivity contribution is 5.75. The van der Waals surface area contributed by atoms with Gasteiger partial charge in [0.2, 0.25) is 11.4 Å². The van der Waals surface area contributed by atoms with Crippen molar-refractivity contribution in [3.05, 3.63) is 102 Å². The van der Waals surface area contributed by atoms with Crippen LogP contribution in [0.15, 0.2) is 84.9 Å². The van der Waals surface area contributed by atoms with E-state index in [1.165, 1.54) is 17.8 Å². The van der Waals surface area contributed by atoms with Crippen LogP contribution >= 0.6 is 0 Å². The molecule has 0 spiro atoms. The van der Waals surface area contributed by atoms with Gasteiger partial charge in [0.1, 0.15) is 12.9 Å². The van der Waals surface area contributed by atoms with Gasteiger partial charge in [-0.1, -0.05) is 30.7 Å². The zero-order chi connectivity index (χ0) is 30.6. The summed E-state index contributed by atoms with van der Waals surface area (Å²) in [7, 11) is 6.13. The van der Waals surface area contributed by atoms with Crippen LogP contribution in [0.1, 0.15) is 43.4 Å². The molecule has 4 rings (SSSR count). The van der Waals surface area contributed by atoms with Crippen molar-refractivity contribution in [1.82, 2.24) is 0 Å². The van der Waals surface area contributed by atoms with Crippen LogP contribution in [0.25, 0.3) is 34.5 Å². The Morgan fingerprint density at radius 2 is 1.28 bits per heavy atom. The fourth-order valence-electron chi connectivity index (χ4n) is 5.04. The summed E-state index contributed by atoms with van der Waals surface area (Å²) in [6.07, 6.45) is 8.45. The Kier molecular flexibility index (Phi) is 11.1. The Labute approximate surface area is 255 Å². The Balaban J connectivity index is 1.59. The summed E-state index contributed by atoms with van der Waals surface area (Å²) in [4.78, 5) is 4.33. The molecular weight excluding hydrogens is 533 g/mol. The predicted molar refractivity (Wildman–Crippen MR) is 175 cm³/mol. The SMILES string of the molecule is CN(CCC#N)c1ccc(-c2cc(C=Cc3ccc(N(C)CCCCCC#N)cc3)[n+](C)c(-c3ccc(F)cc3)c2)cc1. The van der Waals surface area contributed by atoms with Gasteiger partial charge in [0, 0.05) is 68.8 Å². The maximum absolute atomic E-state index is 13.7. The minimum absolute atomic E-state index is 0.258. The van der Waals surface area contributed by atoms with E-state index in [0.717, 1.165) is 65.1 Å². The smallest absolute Gasteiger partial charge is 0.213 e. The second-order valence-electron chi connectivity index (χ2n) is 10.8. The first kappa shape index (κ1) is 31.0. The monoisotopic (exact) mass is 572 g/mol. The van der Waals surface area contributed by atoms with Crippen LogP contribution in [-0.2, 0) is 7.05 Å². The van der Waals surface area contributed by atoms with Gasteiger partial charge in [0.05, 0.1) is 18.6 Å². The largest absolute Gasteiger partial charge is 0.375 e. The first-order valence-electron chi connectivity index (χ1n) is 14.7. The highest BCUT2D eigenvalue weighted by Gasteiger charge is 2.17. The van der Waals surface area contributed by atoms with E-state index in [4.69, 9.17) is 10.5 Å². The van der Waals surface area contributed by atoms with Crippen LogP contribution in [0.4, 0.5) is 15.8 Å². The van der Waals surface area contributed by atoms with Gasteiger partial charge in [-0.2, -0.15) is 15.1 Å². The standard InChI is InChI=1S/C37H39FN5/c1-41(25-7-5-4-6-23-39)34-18-9-29(10-19-34)11-20-36-27-32(28-37(43(36)3)31-12-16-33(38)17-13-31)30-14-21-35(22-15-30)42(2)26-8-24-40/h9-22,27-28H,4-8,25-26H2,1-3H3/q+1. The Bertz CT molecular complexity index is 1590. The van der Waals surface area contributed by atoms with E-state index in [1.807, 2.05) is 26.2 Å². The lowest BCUT2D eigenvalue weighted by Gasteiger charge is -2.19. The molecule has 3 aromatic carbocycles. The van der Waals surface area contributed by atoms with E-state index in [9.17, 15) is 4.39 Å². The molecule has 1 aromatic heterocycles. The van der Waals surface area contributed by atoms with Crippen molar-refractivity contribution in [2.75, 3.05) is 37.0 Å². The van der Waals surface area contributed by atoms with Crippen molar-refractivity contribution in [3.63, 3.8) is 0 Å². The van der Waals surface area contributed by atoms with Gasteiger partial charge in [0.15, 0.2) is 0 Å². The number of rotatable bonds is 13. The maximum atomic E-state index is 13.7. The van der Waals surface area contributed by atoms with E-state index in [-0.39, 0.29) is 5.82 Å². The van der Waals surface area contributed by atoms with Crippen molar-refractivity contribution in [1.29, 1.82) is 10.5 Å². The molecule has 0 radical (unpaired) electrons. The Morgan fingerprint density at radius 1 is 0.674 bits per heavy atom. The lowest BCUT2D eigenvalue weighted by Crippen LogP contribution is -2.34. The zero-order valence-corrected chi connectivity index (χ0v) is 25.3. The molecule has 0 aliphatic carbocycles. The molecule has 6 heteroatoms. The number of aromatic nitrogens is 1. The topological polar surface area (TPSA) is 57.9 Å². The average Bonchev–Trinajstić information content (AvgIpc) is 3.03. The summed E-state index contributed by atoms with van der Waals surface area (Å²) in [5.41, 5.74) is 8.42. The molecular formula is C37H39FN5+. The summed E-state index contributed by atoms with van der Waals surface area (Å²) in [6, 6.07) is 32.3. The van der Waals surface area contributed by atoms with Crippen molar-refractivity contribution >= 4 is 23.5 Å². The molecule has 0 saturated heterocycles. The summed E-state index contributed by atoms with van der Waals surface area (Å²) >= 11 is 0. The highest BCUT2D eigenvalue weighted by atomic mass is 19.1. The molecule has 43 heavy (non-hydrogen) atoms. The maximum Gasteiger partial charge on any atom is 0.213 e. The molecule has 5 nitrogen and oxygen atoms in total. The number of halogens is 1. The third-order valence-corrected chi connectivity index (χ3v) is 7.75. The highest BCUT2D eigenvalue weighted by Crippen LogP contribution is 2.28. The van der Waals surface area contributed by atoms with E-state index in [2.05, 4.69) is 106 Å². The Hall–Kier alpha value is -4.94. The quantitative estimate of drug-likeness (QED) is 0.120. The van der Waals surface area contributed by atoms with Gasteiger partial charge in [-0.05, 0) is 84.1 Å². The van der Waals surface area contributed by atoms with Gasteiger partial charge in [0.25, 0.3) is 0 Å². The summed E-state index contributed by atoms with van der Waals surface area (Å²) in [5.74, 6) is -0.258. The minimum atomic E-state index is -0.258. The normalized spacial score (nSPS) is 10.8. The lowest BCUT2D eigenvalue weighted by atomic mass is 10.0. The molecule has 0 saturated carbocycles. The zero-order valence-electron chi connectivity index (χ0n) is 25.3. The van der Waals surface area contributed by atoms with E-state index < -0.39 is 0 Å². The molecule has 0 aliphatic heterocycles. The second kappa shape index (κ2) is 15.3. The second-order valence-corrected chi connectivity index (χ2v) is 10.8. The van der Waals surface area contributed by atoms with E-state index in [0.29, 0.717) is 19.4 Å². The molecule has 0 fully saturated rings. The van der Waals surface area contributed by atoms with E-state index >= 15 is 0 Å². The van der Waals surface area contributed by atoms with Gasteiger partial charge in [-0.3, -0.25) is 0 Å². The molecule has 4 aromatic rings. The molecule has 0 N–H and O–H groups in total. The molecule has 0 atom stereocenters. The number of hydrogen-bond acceptors (Lipinski definition) is 4. The van der Waals surface area contributed by atoms with Crippen LogP contribution in [0.2, 0.25) is 0 Å². The average molecular weight is 573 g/mol. The van der Waals surface area contributed by atoms with Crippen molar-refractivity contribution in [2.24, 2.45) is 7.05 Å². The van der Waals surface area contributed by atoms with Gasteiger partial charge in [-0.15, -0.1) is 0 Å². The van der Waals surface area contributed by atoms with Crippen LogP contribution in [0, 0.1) is 28.5 Å². The predicted octanol–water partition coefficient (Wildman–Crippen LogP) is 8.02.